The molecule has 0 unspecified atom stereocenters. The number of carbonyl (C=O) groups is 1. The Morgan fingerprint density at radius 1 is 1.43 bits per heavy atom. The minimum absolute atomic E-state index is 0.00694. The van der Waals surface area contributed by atoms with Crippen molar-refractivity contribution in [2.24, 2.45) is 0 Å². The topological polar surface area (TPSA) is 81.5 Å². The number of benzene rings is 1. The van der Waals surface area contributed by atoms with E-state index in [0.29, 0.717) is 12.3 Å². The van der Waals surface area contributed by atoms with Crippen molar-refractivity contribution < 1.29 is 14.5 Å². The average molecular weight is 325 g/mol. The van der Waals surface area contributed by atoms with Crippen LogP contribution in [0.5, 0.6) is 5.75 Å². The molecule has 1 N–H and O–H groups in total. The smallest absolute Gasteiger partial charge is 0.299 e. The van der Waals surface area contributed by atoms with Gasteiger partial charge in [-0.1, -0.05) is 11.6 Å². The summed E-state index contributed by atoms with van der Waals surface area (Å²) in [5.41, 5.74) is 1.40. The highest BCUT2D eigenvalue weighted by Crippen LogP contribution is 2.34. The van der Waals surface area contributed by atoms with Crippen molar-refractivity contribution >= 4 is 40.2 Å². The molecule has 3 rings (SSSR count). The van der Waals surface area contributed by atoms with Crippen LogP contribution in [0.3, 0.4) is 0 Å². The SMILES string of the molecule is O=C(Nc1ccc2c(c1)CCO2)c1cc([N+](=O)[O-])c(Cl)s1. The minimum atomic E-state index is -0.609. The molecule has 2 heterocycles. The van der Waals surface area contributed by atoms with Crippen molar-refractivity contribution in [2.75, 3.05) is 11.9 Å². The van der Waals surface area contributed by atoms with Gasteiger partial charge in [-0.05, 0) is 23.8 Å². The van der Waals surface area contributed by atoms with Gasteiger partial charge in [-0.15, -0.1) is 11.3 Å². The Bertz CT molecular complexity index is 744. The zero-order valence-corrected chi connectivity index (χ0v) is 12.2. The van der Waals surface area contributed by atoms with Gasteiger partial charge in [0.1, 0.15) is 10.6 Å². The van der Waals surface area contributed by atoms with E-state index in [1.807, 2.05) is 6.07 Å². The molecular formula is C13H9ClN2O4S. The first-order chi connectivity index (χ1) is 10.0. The molecule has 0 saturated heterocycles. The monoisotopic (exact) mass is 324 g/mol. The van der Waals surface area contributed by atoms with Crippen LogP contribution in [0.15, 0.2) is 24.3 Å². The number of nitro groups is 1. The Morgan fingerprint density at radius 3 is 2.95 bits per heavy atom. The van der Waals surface area contributed by atoms with E-state index in [-0.39, 0.29) is 14.9 Å². The first kappa shape index (κ1) is 13.8. The second-order valence-corrected chi connectivity index (χ2v) is 6.06. The van der Waals surface area contributed by atoms with E-state index in [9.17, 15) is 14.9 Å². The van der Waals surface area contributed by atoms with Crippen molar-refractivity contribution in [3.05, 3.63) is 49.2 Å². The molecule has 21 heavy (non-hydrogen) atoms. The van der Waals surface area contributed by atoms with E-state index < -0.39 is 10.8 Å². The van der Waals surface area contributed by atoms with Crippen molar-refractivity contribution in [2.45, 2.75) is 6.42 Å². The fourth-order valence-electron chi connectivity index (χ4n) is 2.05. The average Bonchev–Trinajstić information content (AvgIpc) is 3.04. The standard InChI is InChI=1S/C13H9ClN2O4S/c14-12-9(16(18)19)6-11(21-12)13(17)15-8-1-2-10-7(5-8)3-4-20-10/h1-2,5-6H,3-4H2,(H,15,17). The maximum atomic E-state index is 12.1. The van der Waals surface area contributed by atoms with Crippen LogP contribution in [-0.2, 0) is 6.42 Å². The van der Waals surface area contributed by atoms with Gasteiger partial charge in [-0.3, -0.25) is 14.9 Å². The Kier molecular flexibility index (Phi) is 3.52. The van der Waals surface area contributed by atoms with Gasteiger partial charge in [0.2, 0.25) is 0 Å². The second kappa shape index (κ2) is 5.34. The Balaban J connectivity index is 1.80. The first-order valence-corrected chi connectivity index (χ1v) is 7.25. The van der Waals surface area contributed by atoms with Gasteiger partial charge in [0.25, 0.3) is 11.6 Å². The number of carbonyl (C=O) groups excluding carboxylic acids is 1. The number of fused-ring (bicyclic) bond motifs is 1. The van der Waals surface area contributed by atoms with Crippen LogP contribution in [0.2, 0.25) is 4.34 Å². The Hall–Kier alpha value is -2.12. The van der Waals surface area contributed by atoms with E-state index in [4.69, 9.17) is 16.3 Å². The number of nitrogens with one attached hydrogen (secondary N) is 1. The summed E-state index contributed by atoms with van der Waals surface area (Å²) in [6, 6.07) is 6.54. The van der Waals surface area contributed by atoms with Gasteiger partial charge in [-0.25, -0.2) is 0 Å². The van der Waals surface area contributed by atoms with Crippen LogP contribution < -0.4 is 10.1 Å². The molecule has 1 amide bonds. The fraction of sp³-hybridized carbons (Fsp3) is 0.154. The lowest BCUT2D eigenvalue weighted by Crippen LogP contribution is -2.10. The summed E-state index contributed by atoms with van der Waals surface area (Å²) in [5.74, 6) is 0.400. The molecule has 0 aliphatic carbocycles. The number of hydrogen-bond acceptors (Lipinski definition) is 5. The van der Waals surface area contributed by atoms with E-state index in [2.05, 4.69) is 5.32 Å². The number of anilines is 1. The molecule has 0 atom stereocenters. The summed E-state index contributed by atoms with van der Waals surface area (Å²) in [4.78, 5) is 22.4. The molecule has 2 aromatic rings. The van der Waals surface area contributed by atoms with E-state index >= 15 is 0 Å². The zero-order chi connectivity index (χ0) is 15.0. The van der Waals surface area contributed by atoms with Gasteiger partial charge in [0, 0.05) is 18.2 Å². The largest absolute Gasteiger partial charge is 0.493 e. The number of ether oxygens (including phenoxy) is 1. The third-order valence-electron chi connectivity index (χ3n) is 3.04. The number of nitrogens with zero attached hydrogens (tertiary/aromatic N) is 1. The third kappa shape index (κ3) is 2.70. The number of amides is 1. The van der Waals surface area contributed by atoms with Crippen molar-refractivity contribution in [3.63, 3.8) is 0 Å². The maximum Gasteiger partial charge on any atom is 0.299 e. The van der Waals surface area contributed by atoms with Crippen LogP contribution >= 0.6 is 22.9 Å². The Morgan fingerprint density at radius 2 is 2.24 bits per heavy atom. The van der Waals surface area contributed by atoms with E-state index in [1.165, 1.54) is 6.07 Å². The number of thiophene rings is 1. The maximum absolute atomic E-state index is 12.1. The highest BCUT2D eigenvalue weighted by Gasteiger charge is 2.21. The predicted octanol–water partition coefficient (Wildman–Crippen LogP) is 3.50. The Labute approximate surface area is 128 Å². The molecular weight excluding hydrogens is 316 g/mol. The number of rotatable bonds is 3. The van der Waals surface area contributed by atoms with Crippen molar-refractivity contribution in [1.82, 2.24) is 0 Å². The molecule has 1 aromatic carbocycles. The molecule has 0 saturated carbocycles. The first-order valence-electron chi connectivity index (χ1n) is 6.05. The van der Waals surface area contributed by atoms with Gasteiger partial charge >= 0.3 is 0 Å². The van der Waals surface area contributed by atoms with Crippen LogP contribution in [0.4, 0.5) is 11.4 Å². The molecule has 108 valence electrons. The van der Waals surface area contributed by atoms with Crippen LogP contribution in [-0.4, -0.2) is 17.4 Å². The normalized spacial score (nSPS) is 12.6. The molecule has 1 aromatic heterocycles. The van der Waals surface area contributed by atoms with Crippen molar-refractivity contribution in [1.29, 1.82) is 0 Å². The van der Waals surface area contributed by atoms with Gasteiger partial charge in [0.15, 0.2) is 4.34 Å². The van der Waals surface area contributed by atoms with Crippen LogP contribution in [0, 0.1) is 10.1 Å². The summed E-state index contributed by atoms with van der Waals surface area (Å²) in [6.07, 6.45) is 0.801. The molecule has 1 aliphatic heterocycles. The molecule has 0 radical (unpaired) electrons. The van der Waals surface area contributed by atoms with Crippen LogP contribution in [0.25, 0.3) is 0 Å². The minimum Gasteiger partial charge on any atom is -0.493 e. The highest BCUT2D eigenvalue weighted by molar-refractivity contribution is 7.18. The lowest BCUT2D eigenvalue weighted by atomic mass is 10.1. The molecule has 1 aliphatic rings. The third-order valence-corrected chi connectivity index (χ3v) is 4.37. The van der Waals surface area contributed by atoms with E-state index in [0.717, 1.165) is 29.1 Å². The summed E-state index contributed by atoms with van der Waals surface area (Å²) >= 11 is 6.63. The lowest BCUT2D eigenvalue weighted by Gasteiger charge is -2.05. The summed E-state index contributed by atoms with van der Waals surface area (Å²) < 4.78 is 5.38. The van der Waals surface area contributed by atoms with E-state index in [1.54, 1.807) is 12.1 Å². The second-order valence-electron chi connectivity index (χ2n) is 4.40. The fourth-order valence-corrected chi connectivity index (χ4v) is 3.17. The molecule has 8 heteroatoms. The van der Waals surface area contributed by atoms with Crippen molar-refractivity contribution in [3.8, 4) is 5.75 Å². The van der Waals surface area contributed by atoms with Gasteiger partial charge in [-0.2, -0.15) is 0 Å². The molecule has 6 nitrogen and oxygen atoms in total. The van der Waals surface area contributed by atoms with Crippen LogP contribution in [0.1, 0.15) is 15.2 Å². The summed E-state index contributed by atoms with van der Waals surface area (Å²) in [7, 11) is 0. The summed E-state index contributed by atoms with van der Waals surface area (Å²) in [5, 5.41) is 13.4. The lowest BCUT2D eigenvalue weighted by molar-refractivity contribution is -0.384. The molecule has 0 spiro atoms. The van der Waals surface area contributed by atoms with Gasteiger partial charge < -0.3 is 10.1 Å². The summed E-state index contributed by atoms with van der Waals surface area (Å²) in [6.45, 7) is 0.638. The quantitative estimate of drug-likeness (QED) is 0.692. The predicted molar refractivity (Wildman–Crippen MR) is 79.6 cm³/mol. The number of halogens is 1. The molecule has 0 bridgehead atoms. The zero-order valence-electron chi connectivity index (χ0n) is 10.6. The highest BCUT2D eigenvalue weighted by atomic mass is 35.5. The number of hydrogen-bond donors (Lipinski definition) is 1. The molecule has 0 fully saturated rings. The van der Waals surface area contributed by atoms with Gasteiger partial charge in [0.05, 0.1) is 11.5 Å².